The topological polar surface area (TPSA) is 43.8 Å². The van der Waals surface area contributed by atoms with Crippen LogP contribution < -0.4 is 5.73 Å². The van der Waals surface area contributed by atoms with Crippen LogP contribution in [-0.2, 0) is 0 Å². The number of hydrogen-bond donors (Lipinski definition) is 1. The van der Waals surface area contributed by atoms with Crippen LogP contribution in [0.5, 0.6) is 0 Å². The molecule has 1 aromatic heterocycles. The van der Waals surface area contributed by atoms with Crippen LogP contribution in [-0.4, -0.2) is 9.55 Å². The zero-order valence-corrected chi connectivity index (χ0v) is 13.0. The Bertz CT molecular complexity index is 848. The quantitative estimate of drug-likeness (QED) is 0.711. The molecule has 0 bridgehead atoms. The van der Waals surface area contributed by atoms with Gasteiger partial charge in [-0.15, -0.1) is 0 Å². The molecule has 0 aliphatic rings. The fourth-order valence-electron chi connectivity index (χ4n) is 2.61. The molecule has 2 N–H and O–H groups in total. The van der Waals surface area contributed by atoms with Gasteiger partial charge in [0.05, 0.1) is 11.2 Å². The van der Waals surface area contributed by atoms with Gasteiger partial charge >= 0.3 is 0 Å². The maximum absolute atomic E-state index is 13.8. The van der Waals surface area contributed by atoms with Crippen LogP contribution in [0.3, 0.4) is 0 Å². The standard InChI is InChI=1S/C15H12BrF2N3/c1-7-3-9(16)4-8(2)14(7)21-12-6-10(17)5-11(18)13(12)20-15(21)19/h3-6H,1-2H3,(H2,19,20). The molecule has 0 aliphatic heterocycles. The molecule has 21 heavy (non-hydrogen) atoms. The number of anilines is 1. The molecule has 0 aliphatic carbocycles. The summed E-state index contributed by atoms with van der Waals surface area (Å²) in [6.07, 6.45) is 0. The lowest BCUT2D eigenvalue weighted by Crippen LogP contribution is -2.05. The highest BCUT2D eigenvalue weighted by Crippen LogP contribution is 2.31. The van der Waals surface area contributed by atoms with Crippen molar-refractivity contribution in [2.75, 3.05) is 5.73 Å². The monoisotopic (exact) mass is 351 g/mol. The summed E-state index contributed by atoms with van der Waals surface area (Å²) in [6.45, 7) is 3.82. The third-order valence-electron chi connectivity index (χ3n) is 3.38. The number of aromatic nitrogens is 2. The average Bonchev–Trinajstić information content (AvgIpc) is 2.66. The number of rotatable bonds is 1. The molecule has 1 heterocycles. The van der Waals surface area contributed by atoms with E-state index >= 15 is 0 Å². The number of aryl methyl sites for hydroxylation is 2. The van der Waals surface area contributed by atoms with E-state index in [1.165, 1.54) is 6.07 Å². The fraction of sp³-hybridized carbons (Fsp3) is 0.133. The van der Waals surface area contributed by atoms with Gasteiger partial charge in [-0.25, -0.2) is 13.8 Å². The van der Waals surface area contributed by atoms with E-state index in [1.54, 1.807) is 4.57 Å². The zero-order chi connectivity index (χ0) is 15.3. The highest BCUT2D eigenvalue weighted by molar-refractivity contribution is 9.10. The van der Waals surface area contributed by atoms with E-state index in [1.807, 2.05) is 26.0 Å². The van der Waals surface area contributed by atoms with E-state index in [0.29, 0.717) is 5.52 Å². The number of nitrogen functional groups attached to an aromatic ring is 1. The number of fused-ring (bicyclic) bond motifs is 1. The second kappa shape index (κ2) is 4.80. The number of hydrogen-bond acceptors (Lipinski definition) is 2. The smallest absolute Gasteiger partial charge is 0.206 e. The molecule has 108 valence electrons. The Morgan fingerprint density at radius 1 is 1.10 bits per heavy atom. The highest BCUT2D eigenvalue weighted by Gasteiger charge is 2.18. The van der Waals surface area contributed by atoms with Crippen molar-refractivity contribution in [2.24, 2.45) is 0 Å². The SMILES string of the molecule is Cc1cc(Br)cc(C)c1-n1c(N)nc2c(F)cc(F)cc21. The first-order valence-electron chi connectivity index (χ1n) is 6.28. The van der Waals surface area contributed by atoms with E-state index in [-0.39, 0.29) is 11.5 Å². The summed E-state index contributed by atoms with van der Waals surface area (Å²) >= 11 is 3.43. The lowest BCUT2D eigenvalue weighted by atomic mass is 10.1. The Hall–Kier alpha value is -1.95. The molecule has 0 atom stereocenters. The van der Waals surface area contributed by atoms with Gasteiger partial charge in [-0.3, -0.25) is 4.57 Å². The molecular weight excluding hydrogens is 340 g/mol. The Morgan fingerprint density at radius 2 is 1.71 bits per heavy atom. The van der Waals surface area contributed by atoms with Crippen LogP contribution in [0, 0.1) is 25.5 Å². The summed E-state index contributed by atoms with van der Waals surface area (Å²) in [4.78, 5) is 4.02. The largest absolute Gasteiger partial charge is 0.369 e. The highest BCUT2D eigenvalue weighted by atomic mass is 79.9. The molecule has 0 spiro atoms. The Morgan fingerprint density at radius 3 is 2.33 bits per heavy atom. The Labute approximate surface area is 128 Å². The van der Waals surface area contributed by atoms with Crippen molar-refractivity contribution in [3.63, 3.8) is 0 Å². The van der Waals surface area contributed by atoms with Crippen molar-refractivity contribution in [3.05, 3.63) is 51.5 Å². The molecule has 0 saturated heterocycles. The van der Waals surface area contributed by atoms with Crippen molar-refractivity contribution >= 4 is 32.9 Å². The van der Waals surface area contributed by atoms with Gasteiger partial charge in [0.25, 0.3) is 0 Å². The first-order valence-corrected chi connectivity index (χ1v) is 7.08. The Balaban J connectivity index is 2.44. The van der Waals surface area contributed by atoms with Crippen molar-refractivity contribution in [1.29, 1.82) is 0 Å². The predicted molar refractivity (Wildman–Crippen MR) is 82.6 cm³/mol. The number of imidazole rings is 1. The van der Waals surface area contributed by atoms with Gasteiger partial charge in [-0.2, -0.15) is 0 Å². The van der Waals surface area contributed by atoms with Crippen LogP contribution in [0.25, 0.3) is 16.7 Å². The molecule has 3 rings (SSSR count). The van der Waals surface area contributed by atoms with Crippen LogP contribution in [0.2, 0.25) is 0 Å². The minimum Gasteiger partial charge on any atom is -0.369 e. The lowest BCUT2D eigenvalue weighted by molar-refractivity contribution is 0.590. The maximum Gasteiger partial charge on any atom is 0.206 e. The van der Waals surface area contributed by atoms with Gasteiger partial charge < -0.3 is 5.73 Å². The molecular formula is C15H12BrF2N3. The number of benzene rings is 2. The van der Waals surface area contributed by atoms with Crippen molar-refractivity contribution in [1.82, 2.24) is 9.55 Å². The summed E-state index contributed by atoms with van der Waals surface area (Å²) in [7, 11) is 0. The van der Waals surface area contributed by atoms with Gasteiger partial charge in [0.15, 0.2) is 5.82 Å². The molecule has 3 aromatic rings. The summed E-state index contributed by atoms with van der Waals surface area (Å²) in [5, 5.41) is 0. The van der Waals surface area contributed by atoms with Crippen LogP contribution >= 0.6 is 15.9 Å². The van der Waals surface area contributed by atoms with Crippen LogP contribution in [0.4, 0.5) is 14.7 Å². The van der Waals surface area contributed by atoms with E-state index in [2.05, 4.69) is 20.9 Å². The third-order valence-corrected chi connectivity index (χ3v) is 3.84. The molecule has 0 amide bonds. The minimum atomic E-state index is -0.720. The first kappa shape index (κ1) is 14.0. The molecule has 0 radical (unpaired) electrons. The molecule has 6 heteroatoms. The lowest BCUT2D eigenvalue weighted by Gasteiger charge is -2.14. The van der Waals surface area contributed by atoms with E-state index in [9.17, 15) is 8.78 Å². The molecule has 0 saturated carbocycles. The zero-order valence-electron chi connectivity index (χ0n) is 11.4. The fourth-order valence-corrected chi connectivity index (χ4v) is 3.30. The number of nitrogens with two attached hydrogens (primary N) is 1. The summed E-state index contributed by atoms with van der Waals surface area (Å²) in [5.74, 6) is -1.25. The predicted octanol–water partition coefficient (Wildman–Crippen LogP) is 4.27. The average molecular weight is 352 g/mol. The van der Waals surface area contributed by atoms with Gasteiger partial charge in [-0.05, 0) is 37.1 Å². The summed E-state index contributed by atoms with van der Waals surface area (Å²) in [6, 6.07) is 5.88. The molecule has 0 fully saturated rings. The van der Waals surface area contributed by atoms with E-state index in [0.717, 1.165) is 27.4 Å². The minimum absolute atomic E-state index is 0.0654. The normalized spacial score (nSPS) is 11.3. The second-order valence-corrected chi connectivity index (χ2v) is 5.86. The van der Waals surface area contributed by atoms with Gasteiger partial charge in [0.1, 0.15) is 11.3 Å². The van der Waals surface area contributed by atoms with Gasteiger partial charge in [-0.1, -0.05) is 15.9 Å². The Kier molecular flexibility index (Phi) is 3.20. The van der Waals surface area contributed by atoms with Crippen LogP contribution in [0.1, 0.15) is 11.1 Å². The third kappa shape index (κ3) is 2.19. The second-order valence-electron chi connectivity index (χ2n) is 4.95. The van der Waals surface area contributed by atoms with Gasteiger partial charge in [0, 0.05) is 16.6 Å². The van der Waals surface area contributed by atoms with Gasteiger partial charge in [0.2, 0.25) is 5.95 Å². The summed E-state index contributed by atoms with van der Waals surface area (Å²) in [5.41, 5.74) is 8.95. The van der Waals surface area contributed by atoms with E-state index < -0.39 is 11.6 Å². The van der Waals surface area contributed by atoms with Crippen molar-refractivity contribution in [2.45, 2.75) is 13.8 Å². The maximum atomic E-state index is 13.8. The molecule has 2 aromatic carbocycles. The van der Waals surface area contributed by atoms with Crippen molar-refractivity contribution in [3.8, 4) is 5.69 Å². The first-order chi connectivity index (χ1) is 9.88. The number of halogens is 3. The van der Waals surface area contributed by atoms with E-state index in [4.69, 9.17) is 5.73 Å². The summed E-state index contributed by atoms with van der Waals surface area (Å²) < 4.78 is 29.9. The van der Waals surface area contributed by atoms with Crippen LogP contribution in [0.15, 0.2) is 28.7 Å². The molecule has 3 nitrogen and oxygen atoms in total. The molecule has 0 unspecified atom stereocenters. The van der Waals surface area contributed by atoms with Crippen molar-refractivity contribution < 1.29 is 8.78 Å². The number of nitrogens with zero attached hydrogens (tertiary/aromatic N) is 2.